The number of nitrogens with zero attached hydrogens (tertiary/aromatic N) is 2. The highest BCUT2D eigenvalue weighted by molar-refractivity contribution is 5.46. The van der Waals surface area contributed by atoms with Gasteiger partial charge in [-0.1, -0.05) is 18.2 Å². The van der Waals surface area contributed by atoms with Gasteiger partial charge in [0.05, 0.1) is 0 Å². The molecule has 0 aliphatic rings. The van der Waals surface area contributed by atoms with Gasteiger partial charge in [-0.05, 0) is 30.5 Å². The van der Waals surface area contributed by atoms with E-state index < -0.39 is 0 Å². The maximum Gasteiger partial charge on any atom is 0.347 e. The third-order valence-corrected chi connectivity index (χ3v) is 2.66. The third kappa shape index (κ3) is 2.72. The molecule has 17 heavy (non-hydrogen) atoms. The zero-order chi connectivity index (χ0) is 12.3. The summed E-state index contributed by atoms with van der Waals surface area (Å²) in [5.41, 5.74) is 8.43. The second-order valence-corrected chi connectivity index (χ2v) is 4.06. The minimum atomic E-state index is -0.217. The first-order chi connectivity index (χ1) is 8.16. The van der Waals surface area contributed by atoms with Crippen LogP contribution >= 0.6 is 0 Å². The van der Waals surface area contributed by atoms with Gasteiger partial charge in [-0.2, -0.15) is 0 Å². The molecule has 0 unspecified atom stereocenters. The first-order valence-corrected chi connectivity index (χ1v) is 5.53. The van der Waals surface area contributed by atoms with E-state index in [9.17, 15) is 4.79 Å². The molecule has 0 radical (unpaired) electrons. The molecule has 0 fully saturated rings. The van der Waals surface area contributed by atoms with Crippen LogP contribution in [0.1, 0.15) is 11.1 Å². The summed E-state index contributed by atoms with van der Waals surface area (Å²) in [5.74, 6) is 0. The van der Waals surface area contributed by atoms with Crippen molar-refractivity contribution in [3.63, 3.8) is 0 Å². The van der Waals surface area contributed by atoms with E-state index in [1.165, 1.54) is 0 Å². The molecule has 0 aliphatic carbocycles. The van der Waals surface area contributed by atoms with Gasteiger partial charge in [-0.25, -0.2) is 9.78 Å². The zero-order valence-corrected chi connectivity index (χ0v) is 9.76. The van der Waals surface area contributed by atoms with Crippen molar-refractivity contribution in [2.24, 2.45) is 0 Å². The van der Waals surface area contributed by atoms with Crippen molar-refractivity contribution in [3.8, 4) is 0 Å². The van der Waals surface area contributed by atoms with Gasteiger partial charge in [-0.3, -0.25) is 4.57 Å². The average molecular weight is 229 g/mol. The molecule has 2 N–H and O–H groups in total. The summed E-state index contributed by atoms with van der Waals surface area (Å²) < 4.78 is 1.61. The van der Waals surface area contributed by atoms with Gasteiger partial charge in [-0.15, -0.1) is 0 Å². The lowest BCUT2D eigenvalue weighted by molar-refractivity contribution is 0.646. The first-order valence-electron chi connectivity index (χ1n) is 5.53. The van der Waals surface area contributed by atoms with Crippen LogP contribution in [0, 0.1) is 6.92 Å². The highest BCUT2D eigenvalue weighted by atomic mass is 16.1. The maximum absolute atomic E-state index is 11.5. The molecule has 88 valence electrons. The maximum atomic E-state index is 11.5. The Hall–Kier alpha value is -2.10. The largest absolute Gasteiger partial charge is 0.399 e. The van der Waals surface area contributed by atoms with Crippen molar-refractivity contribution in [2.75, 3.05) is 5.73 Å². The molecule has 4 heteroatoms. The number of aromatic nitrogens is 2. The Labute approximate surface area is 99.7 Å². The summed E-state index contributed by atoms with van der Waals surface area (Å²) in [7, 11) is 0. The Kier molecular flexibility index (Phi) is 3.23. The zero-order valence-electron chi connectivity index (χ0n) is 9.76. The van der Waals surface area contributed by atoms with E-state index in [1.807, 2.05) is 37.4 Å². The highest BCUT2D eigenvalue weighted by Gasteiger charge is 2.01. The fourth-order valence-electron chi connectivity index (χ4n) is 1.73. The van der Waals surface area contributed by atoms with Gasteiger partial charge in [0.1, 0.15) is 0 Å². The Morgan fingerprint density at radius 2 is 2.12 bits per heavy atom. The number of hydrogen-bond acceptors (Lipinski definition) is 3. The van der Waals surface area contributed by atoms with Gasteiger partial charge < -0.3 is 5.73 Å². The first kappa shape index (κ1) is 11.4. The smallest absolute Gasteiger partial charge is 0.347 e. The van der Waals surface area contributed by atoms with Crippen molar-refractivity contribution >= 4 is 5.69 Å². The van der Waals surface area contributed by atoms with Gasteiger partial charge >= 0.3 is 5.69 Å². The lowest BCUT2D eigenvalue weighted by Crippen LogP contribution is -2.23. The molecule has 0 bridgehead atoms. The number of nitrogens with two attached hydrogens (primary N) is 1. The number of nitrogen functional groups attached to an aromatic ring is 1. The summed E-state index contributed by atoms with van der Waals surface area (Å²) >= 11 is 0. The molecule has 2 aromatic rings. The van der Waals surface area contributed by atoms with E-state index in [0.717, 1.165) is 23.2 Å². The summed E-state index contributed by atoms with van der Waals surface area (Å²) in [4.78, 5) is 15.3. The van der Waals surface area contributed by atoms with Crippen LogP contribution in [0.3, 0.4) is 0 Å². The Balaban J connectivity index is 2.15. The van der Waals surface area contributed by atoms with E-state index >= 15 is 0 Å². The lowest BCUT2D eigenvalue weighted by Gasteiger charge is -2.07. The fraction of sp³-hybridized carbons (Fsp3) is 0.231. The van der Waals surface area contributed by atoms with Crippen LogP contribution in [0.15, 0.2) is 41.5 Å². The second kappa shape index (κ2) is 4.82. The topological polar surface area (TPSA) is 60.9 Å². The SMILES string of the molecule is Cc1cnc(=O)n(CCc2ccccc2N)c1. The number of benzene rings is 1. The van der Waals surface area contributed by atoms with Crippen molar-refractivity contribution in [2.45, 2.75) is 19.9 Å². The molecule has 0 aliphatic heterocycles. The molecule has 0 saturated carbocycles. The monoisotopic (exact) mass is 229 g/mol. The molecule has 0 saturated heterocycles. The quantitative estimate of drug-likeness (QED) is 0.809. The van der Waals surface area contributed by atoms with E-state index in [-0.39, 0.29) is 5.69 Å². The van der Waals surface area contributed by atoms with Crippen molar-refractivity contribution in [1.29, 1.82) is 0 Å². The second-order valence-electron chi connectivity index (χ2n) is 4.06. The summed E-state index contributed by atoms with van der Waals surface area (Å²) in [6, 6.07) is 7.69. The molecule has 2 rings (SSSR count). The summed E-state index contributed by atoms with van der Waals surface area (Å²) in [5, 5.41) is 0. The highest BCUT2D eigenvalue weighted by Crippen LogP contribution is 2.11. The van der Waals surface area contributed by atoms with Gasteiger partial charge in [0.15, 0.2) is 0 Å². The van der Waals surface area contributed by atoms with E-state index in [2.05, 4.69) is 4.98 Å². The average Bonchev–Trinajstić information content (AvgIpc) is 2.32. The van der Waals surface area contributed by atoms with Gasteiger partial charge in [0.25, 0.3) is 0 Å². The number of anilines is 1. The van der Waals surface area contributed by atoms with E-state index in [1.54, 1.807) is 10.8 Å². The minimum Gasteiger partial charge on any atom is -0.399 e. The van der Waals surface area contributed by atoms with Crippen LogP contribution in [0.2, 0.25) is 0 Å². The van der Waals surface area contributed by atoms with Crippen LogP contribution in [0.5, 0.6) is 0 Å². The normalized spacial score (nSPS) is 10.4. The van der Waals surface area contributed by atoms with Crippen molar-refractivity contribution in [1.82, 2.24) is 9.55 Å². The number of aryl methyl sites for hydroxylation is 3. The van der Waals surface area contributed by atoms with E-state index in [4.69, 9.17) is 5.73 Å². The Morgan fingerprint density at radius 1 is 1.35 bits per heavy atom. The Morgan fingerprint density at radius 3 is 2.88 bits per heavy atom. The molecule has 0 amide bonds. The predicted octanol–water partition coefficient (Wildman–Crippen LogP) is 1.38. The number of hydrogen-bond donors (Lipinski definition) is 1. The molecule has 1 aromatic heterocycles. The molecular weight excluding hydrogens is 214 g/mol. The fourth-order valence-corrected chi connectivity index (χ4v) is 1.73. The van der Waals surface area contributed by atoms with Gasteiger partial charge in [0.2, 0.25) is 0 Å². The molecular formula is C13H15N3O. The van der Waals surface area contributed by atoms with Gasteiger partial charge in [0, 0.05) is 24.6 Å². The minimum absolute atomic E-state index is 0.217. The van der Waals surface area contributed by atoms with Crippen LogP contribution in [0.25, 0.3) is 0 Å². The predicted molar refractivity (Wildman–Crippen MR) is 67.8 cm³/mol. The number of para-hydroxylation sites is 1. The lowest BCUT2D eigenvalue weighted by atomic mass is 10.1. The molecule has 1 aromatic carbocycles. The summed E-state index contributed by atoms with van der Waals surface area (Å²) in [6.07, 6.45) is 4.13. The van der Waals surface area contributed by atoms with Crippen LogP contribution in [0.4, 0.5) is 5.69 Å². The molecule has 4 nitrogen and oxygen atoms in total. The summed E-state index contributed by atoms with van der Waals surface area (Å²) in [6.45, 7) is 2.52. The Bertz CT molecular complexity index is 575. The standard InChI is InChI=1S/C13H15N3O/c1-10-8-15-13(17)16(9-10)7-6-11-4-2-3-5-12(11)14/h2-5,8-9H,6-7,14H2,1H3. The van der Waals surface area contributed by atoms with Crippen molar-refractivity contribution < 1.29 is 0 Å². The molecule has 0 spiro atoms. The van der Waals surface area contributed by atoms with Crippen LogP contribution < -0.4 is 11.4 Å². The van der Waals surface area contributed by atoms with E-state index in [0.29, 0.717) is 6.54 Å². The third-order valence-electron chi connectivity index (χ3n) is 2.66. The molecule has 0 atom stereocenters. The van der Waals surface area contributed by atoms with Crippen molar-refractivity contribution in [3.05, 3.63) is 58.3 Å². The number of rotatable bonds is 3. The van der Waals surface area contributed by atoms with Crippen LogP contribution in [-0.4, -0.2) is 9.55 Å². The van der Waals surface area contributed by atoms with Crippen LogP contribution in [-0.2, 0) is 13.0 Å². The molecule has 1 heterocycles.